The number of rotatable bonds is 7. The number of allylic oxidation sites excluding steroid dienone is 2. The van der Waals surface area contributed by atoms with E-state index in [-0.39, 0.29) is 18.4 Å². The zero-order chi connectivity index (χ0) is 21.6. The van der Waals surface area contributed by atoms with Crippen molar-refractivity contribution in [3.05, 3.63) is 65.8 Å². The molecule has 0 saturated carbocycles. The van der Waals surface area contributed by atoms with Crippen molar-refractivity contribution in [1.82, 2.24) is 4.90 Å². The maximum Gasteiger partial charge on any atom is 0.338 e. The summed E-state index contributed by atoms with van der Waals surface area (Å²) in [5.41, 5.74) is 2.06. The molecular weight excluding hydrogens is 396 g/mol. The largest absolute Gasteiger partial charge is 0.467 e. The minimum absolute atomic E-state index is 0.0922. The molecule has 1 aromatic carbocycles. The summed E-state index contributed by atoms with van der Waals surface area (Å²) < 4.78 is 10.7. The Hall–Kier alpha value is -3.35. The number of nitrogens with zero attached hydrogens (tertiary/aromatic N) is 2. The topological polar surface area (TPSA) is 80.1 Å². The molecule has 2 aromatic rings. The summed E-state index contributed by atoms with van der Waals surface area (Å²) in [7, 11) is 0. The zero-order valence-electron chi connectivity index (χ0n) is 17.4. The molecule has 2 heterocycles. The van der Waals surface area contributed by atoms with Gasteiger partial charge in [-0.3, -0.25) is 9.59 Å². The molecule has 1 aliphatic carbocycles. The molecule has 0 unspecified atom stereocenters. The molecule has 0 spiro atoms. The number of hydrogen-bond donors (Lipinski definition) is 0. The maximum absolute atomic E-state index is 12.9. The van der Waals surface area contributed by atoms with E-state index in [0.29, 0.717) is 30.8 Å². The Kier molecular flexibility index (Phi) is 6.50. The number of amides is 2. The SMILES string of the molecule is O=C(OCC(=O)N(Cc1ccco1)C1=CCCCC1)c1ccc(N2CCCC2=O)cc1. The van der Waals surface area contributed by atoms with Crippen LogP contribution in [0.5, 0.6) is 0 Å². The summed E-state index contributed by atoms with van der Waals surface area (Å²) in [5.74, 6) is -0.0757. The lowest BCUT2D eigenvalue weighted by Gasteiger charge is -2.27. The molecule has 162 valence electrons. The van der Waals surface area contributed by atoms with Gasteiger partial charge < -0.3 is 19.0 Å². The van der Waals surface area contributed by atoms with Crippen LogP contribution in [0, 0.1) is 0 Å². The molecule has 0 radical (unpaired) electrons. The van der Waals surface area contributed by atoms with Crippen LogP contribution in [0.4, 0.5) is 5.69 Å². The summed E-state index contributed by atoms with van der Waals surface area (Å²) in [6.07, 6.45) is 8.93. The molecule has 4 rings (SSSR count). The molecule has 7 nitrogen and oxygen atoms in total. The standard InChI is InChI=1S/C24H26N2O5/c27-22-9-4-14-25(22)20-12-10-18(11-13-20)24(29)31-17-23(28)26(16-21-8-5-15-30-21)19-6-2-1-3-7-19/h5-6,8,10-13,15H,1-4,7,9,14,16-17H2. The Labute approximate surface area is 181 Å². The molecular formula is C24H26N2O5. The summed E-state index contributed by atoms with van der Waals surface area (Å²) in [6, 6.07) is 10.3. The molecule has 1 aromatic heterocycles. The number of ether oxygens (including phenoxy) is 1. The van der Waals surface area contributed by atoms with E-state index in [1.807, 2.05) is 6.07 Å². The molecule has 0 N–H and O–H groups in total. The fraction of sp³-hybridized carbons (Fsp3) is 0.375. The van der Waals surface area contributed by atoms with Crippen molar-refractivity contribution < 1.29 is 23.5 Å². The Morgan fingerprint density at radius 1 is 1.06 bits per heavy atom. The molecule has 1 aliphatic heterocycles. The molecule has 1 saturated heterocycles. The van der Waals surface area contributed by atoms with Crippen LogP contribution in [-0.4, -0.2) is 35.8 Å². The van der Waals surface area contributed by atoms with Gasteiger partial charge in [0.25, 0.3) is 5.91 Å². The van der Waals surface area contributed by atoms with E-state index < -0.39 is 5.97 Å². The zero-order valence-corrected chi connectivity index (χ0v) is 17.4. The van der Waals surface area contributed by atoms with E-state index in [2.05, 4.69) is 6.08 Å². The third-order valence-electron chi connectivity index (χ3n) is 5.62. The lowest BCUT2D eigenvalue weighted by Crippen LogP contribution is -2.34. The lowest BCUT2D eigenvalue weighted by molar-refractivity contribution is -0.133. The number of hydrogen-bond acceptors (Lipinski definition) is 5. The first kappa shape index (κ1) is 20.9. The number of carbonyl (C=O) groups is 3. The van der Waals surface area contributed by atoms with Gasteiger partial charge in [-0.2, -0.15) is 0 Å². The molecule has 31 heavy (non-hydrogen) atoms. The van der Waals surface area contributed by atoms with Gasteiger partial charge in [0.05, 0.1) is 18.4 Å². The van der Waals surface area contributed by atoms with Gasteiger partial charge in [-0.1, -0.05) is 6.08 Å². The maximum atomic E-state index is 12.9. The molecule has 1 fully saturated rings. The first-order chi connectivity index (χ1) is 15.1. The van der Waals surface area contributed by atoms with Crippen LogP contribution < -0.4 is 4.90 Å². The Bertz CT molecular complexity index is 962. The molecule has 2 aliphatic rings. The third-order valence-corrected chi connectivity index (χ3v) is 5.62. The lowest BCUT2D eigenvalue weighted by atomic mass is 10.0. The minimum Gasteiger partial charge on any atom is -0.467 e. The summed E-state index contributed by atoms with van der Waals surface area (Å²) in [6.45, 7) is 0.662. The molecule has 0 atom stereocenters. The van der Waals surface area contributed by atoms with Gasteiger partial charge in [0, 0.05) is 24.4 Å². The average molecular weight is 422 g/mol. The quantitative estimate of drug-likeness (QED) is 0.629. The second-order valence-corrected chi connectivity index (χ2v) is 7.77. The van der Waals surface area contributed by atoms with E-state index >= 15 is 0 Å². The number of carbonyl (C=O) groups excluding carboxylic acids is 3. The highest BCUT2D eigenvalue weighted by Gasteiger charge is 2.24. The van der Waals surface area contributed by atoms with Crippen molar-refractivity contribution in [3.8, 4) is 0 Å². The molecule has 2 amide bonds. The van der Waals surface area contributed by atoms with E-state index in [9.17, 15) is 14.4 Å². The fourth-order valence-corrected chi connectivity index (χ4v) is 3.96. The first-order valence-corrected chi connectivity index (χ1v) is 10.7. The van der Waals surface area contributed by atoms with Crippen LogP contribution in [0.2, 0.25) is 0 Å². The van der Waals surface area contributed by atoms with Gasteiger partial charge >= 0.3 is 5.97 Å². The molecule has 7 heteroatoms. The van der Waals surface area contributed by atoms with E-state index in [4.69, 9.17) is 9.15 Å². The second-order valence-electron chi connectivity index (χ2n) is 7.77. The third kappa shape index (κ3) is 5.05. The predicted octanol–water partition coefficient (Wildman–Crippen LogP) is 4.05. The Morgan fingerprint density at radius 3 is 2.55 bits per heavy atom. The molecule has 0 bridgehead atoms. The number of esters is 1. The summed E-state index contributed by atoms with van der Waals surface area (Å²) in [4.78, 5) is 40.6. The van der Waals surface area contributed by atoms with Crippen molar-refractivity contribution >= 4 is 23.5 Å². The Balaban J connectivity index is 1.38. The van der Waals surface area contributed by atoms with Crippen LogP contribution >= 0.6 is 0 Å². The van der Waals surface area contributed by atoms with Crippen LogP contribution in [0.15, 0.2) is 58.9 Å². The van der Waals surface area contributed by atoms with Crippen molar-refractivity contribution in [3.63, 3.8) is 0 Å². The average Bonchev–Trinajstić information content (AvgIpc) is 3.48. The van der Waals surface area contributed by atoms with Crippen LogP contribution in [0.1, 0.15) is 54.6 Å². The summed E-state index contributed by atoms with van der Waals surface area (Å²) >= 11 is 0. The highest BCUT2D eigenvalue weighted by molar-refractivity contribution is 5.96. The fourth-order valence-electron chi connectivity index (χ4n) is 3.96. The first-order valence-electron chi connectivity index (χ1n) is 10.7. The van der Waals surface area contributed by atoms with Gasteiger partial charge in [-0.05, 0) is 68.5 Å². The number of furan rings is 1. The minimum atomic E-state index is -0.566. The van der Waals surface area contributed by atoms with Crippen molar-refractivity contribution in [1.29, 1.82) is 0 Å². The smallest absolute Gasteiger partial charge is 0.338 e. The van der Waals surface area contributed by atoms with Gasteiger partial charge in [0.1, 0.15) is 5.76 Å². The van der Waals surface area contributed by atoms with Crippen molar-refractivity contribution in [2.75, 3.05) is 18.1 Å². The predicted molar refractivity (Wildman–Crippen MR) is 114 cm³/mol. The normalized spacial score (nSPS) is 16.2. The van der Waals surface area contributed by atoms with Gasteiger partial charge in [-0.25, -0.2) is 4.79 Å². The van der Waals surface area contributed by atoms with Crippen molar-refractivity contribution in [2.45, 2.75) is 45.1 Å². The summed E-state index contributed by atoms with van der Waals surface area (Å²) in [5, 5.41) is 0. The van der Waals surface area contributed by atoms with Crippen LogP contribution in [0.25, 0.3) is 0 Å². The van der Waals surface area contributed by atoms with Gasteiger partial charge in [0.15, 0.2) is 6.61 Å². The number of benzene rings is 1. The van der Waals surface area contributed by atoms with E-state index in [1.165, 1.54) is 0 Å². The highest BCUT2D eigenvalue weighted by Crippen LogP contribution is 2.24. The van der Waals surface area contributed by atoms with Gasteiger partial charge in [-0.15, -0.1) is 0 Å². The van der Waals surface area contributed by atoms with E-state index in [1.54, 1.807) is 46.4 Å². The number of anilines is 1. The van der Waals surface area contributed by atoms with Crippen molar-refractivity contribution in [2.24, 2.45) is 0 Å². The highest BCUT2D eigenvalue weighted by atomic mass is 16.5. The van der Waals surface area contributed by atoms with E-state index in [0.717, 1.165) is 43.5 Å². The van der Waals surface area contributed by atoms with Gasteiger partial charge in [0.2, 0.25) is 5.91 Å². The van der Waals surface area contributed by atoms with Crippen LogP contribution in [0.3, 0.4) is 0 Å². The Morgan fingerprint density at radius 2 is 1.90 bits per heavy atom. The second kappa shape index (κ2) is 9.64. The monoisotopic (exact) mass is 422 g/mol. The van der Waals surface area contributed by atoms with Crippen LogP contribution in [-0.2, 0) is 20.9 Å².